The highest BCUT2D eigenvalue weighted by Gasteiger charge is 2.04. The highest BCUT2D eigenvalue weighted by atomic mass is 16.5. The van der Waals surface area contributed by atoms with Crippen molar-refractivity contribution in [2.45, 2.75) is 32.6 Å². The van der Waals surface area contributed by atoms with Crippen LogP contribution in [0.25, 0.3) is 11.0 Å². The zero-order chi connectivity index (χ0) is 19.8. The largest absolute Gasteiger partial charge is 0.494 e. The number of aromatic amines is 1. The van der Waals surface area contributed by atoms with Gasteiger partial charge in [-0.2, -0.15) is 0 Å². The van der Waals surface area contributed by atoms with Gasteiger partial charge >= 0.3 is 0 Å². The fourth-order valence-corrected chi connectivity index (χ4v) is 2.90. The summed E-state index contributed by atoms with van der Waals surface area (Å²) in [6.07, 6.45) is 2.71. The van der Waals surface area contributed by atoms with E-state index in [-0.39, 0.29) is 11.7 Å². The maximum Gasteiger partial charge on any atom is 0.220 e. The Morgan fingerprint density at radius 3 is 2.61 bits per heavy atom. The third-order valence-corrected chi connectivity index (χ3v) is 4.43. The average Bonchev–Trinajstić information content (AvgIpc) is 3.12. The van der Waals surface area contributed by atoms with Gasteiger partial charge in [0, 0.05) is 24.9 Å². The number of nitrogens with one attached hydrogen (secondary N) is 2. The van der Waals surface area contributed by atoms with Gasteiger partial charge < -0.3 is 15.0 Å². The summed E-state index contributed by atoms with van der Waals surface area (Å²) in [5.41, 5.74) is 2.67. The van der Waals surface area contributed by atoms with Crippen LogP contribution in [0.5, 0.6) is 5.75 Å². The summed E-state index contributed by atoms with van der Waals surface area (Å²) in [6, 6.07) is 15.0. The molecular weight excluding hydrogens is 354 g/mol. The second-order valence-corrected chi connectivity index (χ2v) is 6.69. The van der Waals surface area contributed by atoms with Crippen LogP contribution in [0.3, 0.4) is 0 Å². The predicted octanol–water partition coefficient (Wildman–Crippen LogP) is 3.67. The minimum atomic E-state index is 0.0279. The van der Waals surface area contributed by atoms with Crippen LogP contribution in [0.1, 0.15) is 42.4 Å². The van der Waals surface area contributed by atoms with Crippen molar-refractivity contribution in [3.05, 3.63) is 59.9 Å². The molecule has 3 rings (SSSR count). The highest BCUT2D eigenvalue weighted by Crippen LogP contribution is 2.13. The molecule has 0 aliphatic rings. The molecule has 0 aliphatic heterocycles. The van der Waals surface area contributed by atoms with Crippen molar-refractivity contribution in [2.75, 3.05) is 13.2 Å². The number of ketones is 1. The van der Waals surface area contributed by atoms with Gasteiger partial charge in [0.15, 0.2) is 5.78 Å². The monoisotopic (exact) mass is 379 g/mol. The zero-order valence-corrected chi connectivity index (χ0v) is 16.0. The summed E-state index contributed by atoms with van der Waals surface area (Å²) < 4.78 is 5.60. The maximum atomic E-state index is 11.9. The highest BCUT2D eigenvalue weighted by molar-refractivity contribution is 5.94. The van der Waals surface area contributed by atoms with Crippen LogP contribution in [0.15, 0.2) is 48.5 Å². The topological polar surface area (TPSA) is 84.1 Å². The molecule has 6 nitrogen and oxygen atoms in total. The second kappa shape index (κ2) is 9.69. The van der Waals surface area contributed by atoms with E-state index in [2.05, 4.69) is 15.3 Å². The summed E-state index contributed by atoms with van der Waals surface area (Å²) in [5, 5.41) is 2.93. The van der Waals surface area contributed by atoms with Gasteiger partial charge in [-0.1, -0.05) is 12.1 Å². The van der Waals surface area contributed by atoms with Crippen LogP contribution in [0.4, 0.5) is 0 Å². The molecular formula is C22H25N3O3. The molecule has 0 aliphatic carbocycles. The molecule has 2 aromatic carbocycles. The van der Waals surface area contributed by atoms with E-state index >= 15 is 0 Å². The molecule has 1 heterocycles. The number of amides is 1. The van der Waals surface area contributed by atoms with Gasteiger partial charge in [0.2, 0.25) is 5.91 Å². The number of hydrogen-bond acceptors (Lipinski definition) is 4. The van der Waals surface area contributed by atoms with Gasteiger partial charge in [-0.15, -0.1) is 0 Å². The molecule has 3 aromatic rings. The van der Waals surface area contributed by atoms with Crippen molar-refractivity contribution in [3.8, 4) is 5.75 Å². The van der Waals surface area contributed by atoms with Crippen molar-refractivity contribution in [2.24, 2.45) is 0 Å². The average molecular weight is 379 g/mol. The van der Waals surface area contributed by atoms with Gasteiger partial charge in [-0.05, 0) is 56.2 Å². The van der Waals surface area contributed by atoms with E-state index in [0.717, 1.165) is 29.7 Å². The normalized spacial score (nSPS) is 10.8. The lowest BCUT2D eigenvalue weighted by molar-refractivity contribution is -0.121. The number of aromatic nitrogens is 2. The van der Waals surface area contributed by atoms with Crippen molar-refractivity contribution >= 4 is 22.7 Å². The van der Waals surface area contributed by atoms with E-state index in [0.29, 0.717) is 37.3 Å². The number of fused-ring (bicyclic) bond motifs is 1. The Morgan fingerprint density at radius 1 is 1.07 bits per heavy atom. The quantitative estimate of drug-likeness (QED) is 0.416. The lowest BCUT2D eigenvalue weighted by Crippen LogP contribution is -2.25. The molecule has 0 unspecified atom stereocenters. The van der Waals surface area contributed by atoms with Crippen LogP contribution < -0.4 is 10.1 Å². The zero-order valence-electron chi connectivity index (χ0n) is 16.0. The van der Waals surface area contributed by atoms with Crippen LogP contribution in [0.2, 0.25) is 0 Å². The van der Waals surface area contributed by atoms with Gasteiger partial charge in [0.05, 0.1) is 17.6 Å². The number of Topliss-reactive ketones (excluding diaryl/α,β-unsaturated/α-hetero) is 1. The van der Waals surface area contributed by atoms with Crippen molar-refractivity contribution in [1.82, 2.24) is 15.3 Å². The first-order valence-electron chi connectivity index (χ1n) is 9.56. The Kier molecular flexibility index (Phi) is 6.78. The SMILES string of the molecule is CC(=O)c1ccc(OCCCC(=O)NCCCc2nc3ccccc3[nH]2)cc1. The maximum absolute atomic E-state index is 11.9. The number of benzene rings is 2. The van der Waals surface area contributed by atoms with Gasteiger partial charge in [0.25, 0.3) is 0 Å². The van der Waals surface area contributed by atoms with Crippen LogP contribution in [0, 0.1) is 0 Å². The molecule has 28 heavy (non-hydrogen) atoms. The molecule has 146 valence electrons. The number of imidazole rings is 1. The van der Waals surface area contributed by atoms with Gasteiger partial charge in [-0.25, -0.2) is 4.98 Å². The Bertz CT molecular complexity index is 899. The van der Waals surface area contributed by atoms with E-state index in [1.54, 1.807) is 24.3 Å². The number of hydrogen-bond donors (Lipinski definition) is 2. The minimum Gasteiger partial charge on any atom is -0.494 e. The van der Waals surface area contributed by atoms with E-state index < -0.39 is 0 Å². The molecule has 0 bridgehead atoms. The Labute approximate surface area is 164 Å². The first-order chi connectivity index (χ1) is 13.6. The number of carbonyl (C=O) groups excluding carboxylic acids is 2. The fourth-order valence-electron chi connectivity index (χ4n) is 2.90. The molecule has 0 saturated heterocycles. The van der Waals surface area contributed by atoms with Crippen molar-refractivity contribution in [3.63, 3.8) is 0 Å². The molecule has 0 radical (unpaired) electrons. The van der Waals surface area contributed by atoms with E-state index in [4.69, 9.17) is 4.74 Å². The number of aryl methyl sites for hydroxylation is 1. The number of ether oxygens (including phenoxy) is 1. The molecule has 6 heteroatoms. The number of nitrogens with zero attached hydrogens (tertiary/aromatic N) is 1. The van der Waals surface area contributed by atoms with Crippen LogP contribution in [-0.2, 0) is 11.2 Å². The van der Waals surface area contributed by atoms with E-state index in [1.165, 1.54) is 6.92 Å². The molecule has 0 spiro atoms. The molecule has 0 fully saturated rings. The lowest BCUT2D eigenvalue weighted by atomic mass is 10.1. The first kappa shape index (κ1) is 19.6. The fraction of sp³-hybridized carbons (Fsp3) is 0.318. The minimum absolute atomic E-state index is 0.0279. The second-order valence-electron chi connectivity index (χ2n) is 6.69. The van der Waals surface area contributed by atoms with Gasteiger partial charge in [0.1, 0.15) is 11.6 Å². The van der Waals surface area contributed by atoms with Crippen molar-refractivity contribution < 1.29 is 14.3 Å². The number of rotatable bonds is 10. The Balaban J connectivity index is 1.27. The molecule has 0 saturated carbocycles. The van der Waals surface area contributed by atoms with Crippen molar-refractivity contribution in [1.29, 1.82) is 0 Å². The van der Waals surface area contributed by atoms with E-state index in [9.17, 15) is 9.59 Å². The summed E-state index contributed by atoms with van der Waals surface area (Å²) in [7, 11) is 0. The summed E-state index contributed by atoms with van der Waals surface area (Å²) in [5.74, 6) is 1.71. The molecule has 0 atom stereocenters. The summed E-state index contributed by atoms with van der Waals surface area (Å²) in [4.78, 5) is 31.0. The Morgan fingerprint density at radius 2 is 1.86 bits per heavy atom. The van der Waals surface area contributed by atoms with Crippen LogP contribution in [-0.4, -0.2) is 34.8 Å². The van der Waals surface area contributed by atoms with E-state index in [1.807, 2.05) is 24.3 Å². The Hall–Kier alpha value is -3.15. The summed E-state index contributed by atoms with van der Waals surface area (Å²) >= 11 is 0. The standard InChI is InChI=1S/C22H25N3O3/c1-16(26)17-10-12-18(13-11-17)28-15-5-9-22(27)23-14-4-8-21-24-19-6-2-3-7-20(19)25-21/h2-3,6-7,10-13H,4-5,8-9,14-15H2,1H3,(H,23,27)(H,24,25). The molecule has 2 N–H and O–H groups in total. The van der Waals surface area contributed by atoms with Gasteiger partial charge in [-0.3, -0.25) is 9.59 Å². The lowest BCUT2D eigenvalue weighted by Gasteiger charge is -2.07. The number of H-pyrrole nitrogens is 1. The molecule has 1 amide bonds. The first-order valence-corrected chi connectivity index (χ1v) is 9.56. The molecule has 1 aromatic heterocycles. The number of para-hydroxylation sites is 2. The third-order valence-electron chi connectivity index (χ3n) is 4.43. The van der Waals surface area contributed by atoms with Crippen LogP contribution >= 0.6 is 0 Å². The number of carbonyl (C=O) groups is 2. The third kappa shape index (κ3) is 5.67. The smallest absolute Gasteiger partial charge is 0.220 e. The predicted molar refractivity (Wildman–Crippen MR) is 109 cm³/mol. The summed E-state index contributed by atoms with van der Waals surface area (Å²) in [6.45, 7) is 2.63.